The van der Waals surface area contributed by atoms with Crippen LogP contribution in [0.5, 0.6) is 0 Å². The van der Waals surface area contributed by atoms with Crippen molar-refractivity contribution in [2.24, 2.45) is 0 Å². The Hall–Kier alpha value is -0.900. The van der Waals surface area contributed by atoms with Crippen LogP contribution in [-0.4, -0.2) is 34.8 Å². The van der Waals surface area contributed by atoms with E-state index in [-0.39, 0.29) is 23.9 Å². The van der Waals surface area contributed by atoms with Gasteiger partial charge >= 0.3 is 0 Å². The van der Waals surface area contributed by atoms with Crippen LogP contribution >= 0.6 is 0 Å². The molecule has 1 N–H and O–H groups in total. The van der Waals surface area contributed by atoms with Crippen molar-refractivity contribution in [3.63, 3.8) is 0 Å². The van der Waals surface area contributed by atoms with Crippen molar-refractivity contribution in [1.29, 1.82) is 0 Å². The predicted molar refractivity (Wildman–Crippen MR) is 83.9 cm³/mol. The fourth-order valence-corrected chi connectivity index (χ4v) is 3.72. The van der Waals surface area contributed by atoms with Gasteiger partial charge in [-0.1, -0.05) is 46.0 Å². The molecule has 4 heteroatoms. The zero-order chi connectivity index (χ0) is 15.2. The van der Waals surface area contributed by atoms with E-state index in [0.29, 0.717) is 12.5 Å². The summed E-state index contributed by atoms with van der Waals surface area (Å²) in [6, 6.07) is 0.281. The molecular weight excluding hydrogens is 264 g/mol. The van der Waals surface area contributed by atoms with Crippen LogP contribution in [0.4, 0.5) is 0 Å². The second-order valence-corrected chi connectivity index (χ2v) is 6.59. The number of rotatable bonds is 8. The lowest BCUT2D eigenvalue weighted by Gasteiger charge is -2.24. The molecule has 0 aromatic rings. The molecule has 0 spiro atoms. The molecule has 2 amide bonds. The number of carbonyl (C=O) groups excluding carboxylic acids is 2. The molecule has 1 aliphatic carbocycles. The summed E-state index contributed by atoms with van der Waals surface area (Å²) in [7, 11) is 0. The van der Waals surface area contributed by atoms with Gasteiger partial charge in [0, 0.05) is 12.1 Å². The minimum absolute atomic E-state index is 0.0319. The largest absolute Gasteiger partial charge is 0.303 e. The number of likely N-dealkylation sites (tertiary alicyclic amines) is 1. The molecule has 0 radical (unpaired) electrons. The third-order valence-corrected chi connectivity index (χ3v) is 4.85. The molecule has 2 unspecified atom stereocenters. The van der Waals surface area contributed by atoms with Crippen LogP contribution in [0.2, 0.25) is 0 Å². The number of imide groups is 1. The van der Waals surface area contributed by atoms with Gasteiger partial charge in [0.15, 0.2) is 0 Å². The number of hydrogen-bond donors (Lipinski definition) is 1. The van der Waals surface area contributed by atoms with E-state index >= 15 is 0 Å². The normalized spacial score (nSPS) is 25.0. The van der Waals surface area contributed by atoms with Crippen LogP contribution in [0.15, 0.2) is 0 Å². The Balaban J connectivity index is 1.93. The molecule has 2 aliphatic rings. The van der Waals surface area contributed by atoms with Crippen LogP contribution in [0.3, 0.4) is 0 Å². The fraction of sp³-hybridized carbons (Fsp3) is 0.882. The molecule has 2 rings (SSSR count). The standard InChI is InChI=1S/C17H30N2O2/c1-3-5-9-13(8-4-2)18-15-12-16(20)19(17(15)21)14-10-6-7-11-14/h13-15,18H,3-12H2,1-2H3. The first-order valence-electron chi connectivity index (χ1n) is 8.79. The van der Waals surface area contributed by atoms with Crippen molar-refractivity contribution in [3.05, 3.63) is 0 Å². The summed E-state index contributed by atoms with van der Waals surface area (Å²) in [5, 5.41) is 3.47. The molecule has 2 fully saturated rings. The van der Waals surface area contributed by atoms with Gasteiger partial charge < -0.3 is 5.32 Å². The van der Waals surface area contributed by atoms with Crippen molar-refractivity contribution in [2.45, 2.75) is 96.2 Å². The van der Waals surface area contributed by atoms with Crippen LogP contribution < -0.4 is 5.32 Å². The molecule has 2 atom stereocenters. The maximum absolute atomic E-state index is 12.6. The van der Waals surface area contributed by atoms with Gasteiger partial charge in [-0.2, -0.15) is 0 Å². The highest BCUT2D eigenvalue weighted by Gasteiger charge is 2.43. The van der Waals surface area contributed by atoms with E-state index < -0.39 is 0 Å². The molecule has 4 nitrogen and oxygen atoms in total. The lowest BCUT2D eigenvalue weighted by atomic mass is 10.0. The highest BCUT2D eigenvalue weighted by Crippen LogP contribution is 2.28. The second kappa shape index (κ2) is 7.92. The zero-order valence-corrected chi connectivity index (χ0v) is 13.6. The Morgan fingerprint density at radius 3 is 2.48 bits per heavy atom. The van der Waals surface area contributed by atoms with E-state index in [1.807, 2.05) is 0 Å². The van der Waals surface area contributed by atoms with Gasteiger partial charge in [-0.05, 0) is 25.7 Å². The van der Waals surface area contributed by atoms with E-state index in [9.17, 15) is 9.59 Å². The minimum Gasteiger partial charge on any atom is -0.303 e. The molecule has 1 heterocycles. The zero-order valence-electron chi connectivity index (χ0n) is 13.6. The molecule has 120 valence electrons. The summed E-state index contributed by atoms with van der Waals surface area (Å²) in [6.45, 7) is 4.36. The number of nitrogens with one attached hydrogen (secondary N) is 1. The maximum Gasteiger partial charge on any atom is 0.247 e. The maximum atomic E-state index is 12.6. The van der Waals surface area contributed by atoms with Crippen molar-refractivity contribution >= 4 is 11.8 Å². The minimum atomic E-state index is -0.272. The average molecular weight is 294 g/mol. The third-order valence-electron chi connectivity index (χ3n) is 4.85. The first-order valence-corrected chi connectivity index (χ1v) is 8.79. The molecule has 0 aromatic heterocycles. The first-order chi connectivity index (χ1) is 10.2. The summed E-state index contributed by atoms with van der Waals surface area (Å²) >= 11 is 0. The van der Waals surface area contributed by atoms with E-state index in [1.54, 1.807) is 4.90 Å². The average Bonchev–Trinajstić information content (AvgIpc) is 3.05. The van der Waals surface area contributed by atoms with Crippen molar-refractivity contribution in [2.75, 3.05) is 0 Å². The molecule has 21 heavy (non-hydrogen) atoms. The third kappa shape index (κ3) is 4.06. The van der Waals surface area contributed by atoms with Gasteiger partial charge in [-0.3, -0.25) is 14.5 Å². The summed E-state index contributed by atoms with van der Waals surface area (Å²) in [6.07, 6.45) is 10.3. The fourth-order valence-electron chi connectivity index (χ4n) is 3.72. The summed E-state index contributed by atoms with van der Waals surface area (Å²) in [5.41, 5.74) is 0. The summed E-state index contributed by atoms with van der Waals surface area (Å²) in [5.74, 6) is 0.0691. The summed E-state index contributed by atoms with van der Waals surface area (Å²) in [4.78, 5) is 26.3. The van der Waals surface area contributed by atoms with Gasteiger partial charge in [0.2, 0.25) is 11.8 Å². The highest BCUT2D eigenvalue weighted by atomic mass is 16.2. The number of unbranched alkanes of at least 4 members (excludes halogenated alkanes) is 1. The van der Waals surface area contributed by atoms with Crippen LogP contribution in [-0.2, 0) is 9.59 Å². The van der Waals surface area contributed by atoms with Crippen LogP contribution in [0.25, 0.3) is 0 Å². The van der Waals surface area contributed by atoms with Gasteiger partial charge in [-0.25, -0.2) is 0 Å². The lowest BCUT2D eigenvalue weighted by molar-refractivity contribution is -0.141. The van der Waals surface area contributed by atoms with Crippen LogP contribution in [0, 0.1) is 0 Å². The predicted octanol–water partition coefficient (Wildman–Crippen LogP) is 3.01. The highest BCUT2D eigenvalue weighted by molar-refractivity contribution is 6.05. The monoisotopic (exact) mass is 294 g/mol. The second-order valence-electron chi connectivity index (χ2n) is 6.59. The number of hydrogen-bond acceptors (Lipinski definition) is 3. The first kappa shape index (κ1) is 16.5. The van der Waals surface area contributed by atoms with Crippen molar-refractivity contribution < 1.29 is 9.59 Å². The number of amides is 2. The Morgan fingerprint density at radius 1 is 1.14 bits per heavy atom. The number of nitrogens with zero attached hydrogens (tertiary/aromatic N) is 1. The van der Waals surface area contributed by atoms with Gasteiger partial charge in [0.25, 0.3) is 0 Å². The van der Waals surface area contributed by atoms with E-state index in [0.717, 1.165) is 44.9 Å². The van der Waals surface area contributed by atoms with E-state index in [2.05, 4.69) is 19.2 Å². The Morgan fingerprint density at radius 2 is 1.86 bits per heavy atom. The van der Waals surface area contributed by atoms with E-state index in [4.69, 9.17) is 0 Å². The molecular formula is C17H30N2O2. The van der Waals surface area contributed by atoms with E-state index in [1.165, 1.54) is 12.8 Å². The molecule has 0 bridgehead atoms. The quantitative estimate of drug-likeness (QED) is 0.700. The lowest BCUT2D eigenvalue weighted by Crippen LogP contribution is -2.46. The molecule has 0 aromatic carbocycles. The Labute approximate surface area is 128 Å². The van der Waals surface area contributed by atoms with Crippen LogP contribution in [0.1, 0.15) is 78.1 Å². The molecule has 1 saturated heterocycles. The van der Waals surface area contributed by atoms with Crippen molar-refractivity contribution in [3.8, 4) is 0 Å². The smallest absolute Gasteiger partial charge is 0.247 e. The van der Waals surface area contributed by atoms with Crippen molar-refractivity contribution in [1.82, 2.24) is 10.2 Å². The van der Waals surface area contributed by atoms with Gasteiger partial charge in [0.1, 0.15) is 0 Å². The number of carbonyl (C=O) groups is 2. The van der Waals surface area contributed by atoms with Gasteiger partial charge in [0.05, 0.1) is 12.5 Å². The molecule has 1 aliphatic heterocycles. The topological polar surface area (TPSA) is 49.4 Å². The van der Waals surface area contributed by atoms with Gasteiger partial charge in [-0.15, -0.1) is 0 Å². The Bertz CT molecular complexity index is 364. The summed E-state index contributed by atoms with van der Waals surface area (Å²) < 4.78 is 0. The SMILES string of the molecule is CCCCC(CCC)NC1CC(=O)N(C2CCCC2)C1=O. The molecule has 1 saturated carbocycles. The Kier molecular flexibility index (Phi) is 6.22.